The molecular formula is C7H17FO2S. The summed E-state index contributed by atoms with van der Waals surface area (Å²) in [5.41, 5.74) is 0. The summed E-state index contributed by atoms with van der Waals surface area (Å²) in [5.74, 6) is 0.696. The SMILES string of the molecule is CCCS(=O)(=O)CCC.CF. The Labute approximate surface area is 68.7 Å². The molecule has 0 amide bonds. The van der Waals surface area contributed by atoms with E-state index in [1.807, 2.05) is 13.8 Å². The van der Waals surface area contributed by atoms with Crippen LogP contribution in [0.5, 0.6) is 0 Å². The maximum atomic E-state index is 10.8. The summed E-state index contributed by atoms with van der Waals surface area (Å²) in [5, 5.41) is 0. The number of hydrogen-bond donors (Lipinski definition) is 0. The van der Waals surface area contributed by atoms with Crippen LogP contribution in [-0.2, 0) is 9.84 Å². The lowest BCUT2D eigenvalue weighted by molar-refractivity contribution is 0.593. The Bertz CT molecular complexity index is 140. The van der Waals surface area contributed by atoms with Gasteiger partial charge in [-0.25, -0.2) is 8.42 Å². The molecule has 11 heavy (non-hydrogen) atoms. The maximum absolute atomic E-state index is 10.8. The van der Waals surface area contributed by atoms with Gasteiger partial charge in [0.15, 0.2) is 0 Å². The minimum absolute atomic E-state index is 0.348. The standard InChI is InChI=1S/C6H14O2S.CH3F/c1-3-5-9(7,8)6-4-2;1-2/h3-6H2,1-2H3;1H3. The number of alkyl halides is 1. The van der Waals surface area contributed by atoms with E-state index in [0.29, 0.717) is 18.7 Å². The first-order valence-electron chi connectivity index (χ1n) is 3.70. The van der Waals surface area contributed by atoms with E-state index in [0.717, 1.165) is 12.8 Å². The van der Waals surface area contributed by atoms with Crippen molar-refractivity contribution < 1.29 is 12.8 Å². The Morgan fingerprint density at radius 2 is 1.27 bits per heavy atom. The summed E-state index contributed by atoms with van der Waals surface area (Å²) >= 11 is 0. The van der Waals surface area contributed by atoms with Crippen LogP contribution < -0.4 is 0 Å². The topological polar surface area (TPSA) is 34.1 Å². The Hall–Kier alpha value is -0.120. The molecule has 0 aromatic rings. The molecule has 0 radical (unpaired) electrons. The second-order valence-corrected chi connectivity index (χ2v) is 4.46. The second kappa shape index (κ2) is 7.98. The van der Waals surface area contributed by atoms with Crippen LogP contribution in [0.1, 0.15) is 26.7 Å². The van der Waals surface area contributed by atoms with Gasteiger partial charge in [-0.15, -0.1) is 0 Å². The Morgan fingerprint density at radius 1 is 1.00 bits per heavy atom. The van der Waals surface area contributed by atoms with Gasteiger partial charge in [0.25, 0.3) is 0 Å². The molecular weight excluding hydrogens is 167 g/mol. The van der Waals surface area contributed by atoms with Crippen molar-refractivity contribution in [2.75, 3.05) is 18.7 Å². The predicted molar refractivity (Wildman–Crippen MR) is 46.3 cm³/mol. The molecule has 0 aliphatic rings. The van der Waals surface area contributed by atoms with Gasteiger partial charge in [-0.2, -0.15) is 0 Å². The van der Waals surface area contributed by atoms with Crippen LogP contribution in [-0.4, -0.2) is 27.1 Å². The third-order valence-electron chi connectivity index (χ3n) is 1.03. The lowest BCUT2D eigenvalue weighted by Crippen LogP contribution is -2.08. The van der Waals surface area contributed by atoms with Gasteiger partial charge in [0.1, 0.15) is 9.84 Å². The van der Waals surface area contributed by atoms with Gasteiger partial charge in [-0.05, 0) is 12.8 Å². The van der Waals surface area contributed by atoms with Crippen molar-refractivity contribution in [3.05, 3.63) is 0 Å². The van der Waals surface area contributed by atoms with Gasteiger partial charge >= 0.3 is 0 Å². The monoisotopic (exact) mass is 184 g/mol. The van der Waals surface area contributed by atoms with Crippen LogP contribution in [0.2, 0.25) is 0 Å². The summed E-state index contributed by atoms with van der Waals surface area (Å²) in [7, 11) is -2.18. The highest BCUT2D eigenvalue weighted by Gasteiger charge is 2.05. The summed E-state index contributed by atoms with van der Waals surface area (Å²) in [6, 6.07) is 0. The highest BCUT2D eigenvalue weighted by atomic mass is 32.2. The molecule has 0 aliphatic heterocycles. The van der Waals surface area contributed by atoms with Crippen molar-refractivity contribution in [1.29, 1.82) is 0 Å². The van der Waals surface area contributed by atoms with Crippen LogP contribution in [0.25, 0.3) is 0 Å². The zero-order valence-electron chi connectivity index (χ0n) is 7.43. The van der Waals surface area contributed by atoms with Crippen molar-refractivity contribution in [3.8, 4) is 0 Å². The number of hydrogen-bond acceptors (Lipinski definition) is 2. The van der Waals surface area contributed by atoms with E-state index in [1.165, 1.54) is 0 Å². The average molecular weight is 184 g/mol. The quantitative estimate of drug-likeness (QED) is 0.667. The minimum Gasteiger partial charge on any atom is -0.255 e. The summed E-state index contributed by atoms with van der Waals surface area (Å²) in [6.45, 7) is 3.76. The summed E-state index contributed by atoms with van der Waals surface area (Å²) in [6.07, 6.45) is 1.48. The molecule has 0 rings (SSSR count). The number of rotatable bonds is 4. The molecule has 0 fully saturated rings. The summed E-state index contributed by atoms with van der Waals surface area (Å²) in [4.78, 5) is 0. The fourth-order valence-electron chi connectivity index (χ4n) is 0.724. The van der Waals surface area contributed by atoms with E-state index in [4.69, 9.17) is 0 Å². The van der Waals surface area contributed by atoms with Gasteiger partial charge in [0.2, 0.25) is 0 Å². The molecule has 0 bridgehead atoms. The second-order valence-electron chi connectivity index (χ2n) is 2.15. The molecule has 0 saturated heterocycles. The van der Waals surface area contributed by atoms with Crippen LogP contribution in [0.15, 0.2) is 0 Å². The summed E-state index contributed by atoms with van der Waals surface area (Å²) < 4.78 is 31.2. The van der Waals surface area contributed by atoms with E-state index in [9.17, 15) is 12.8 Å². The first kappa shape index (κ1) is 13.5. The molecule has 0 atom stereocenters. The predicted octanol–water partition coefficient (Wildman–Crippen LogP) is 1.81. The zero-order chi connectivity index (χ0) is 9.33. The van der Waals surface area contributed by atoms with E-state index in [2.05, 4.69) is 0 Å². The Morgan fingerprint density at radius 3 is 1.45 bits per heavy atom. The molecule has 0 N–H and O–H groups in total. The molecule has 0 aliphatic carbocycles. The van der Waals surface area contributed by atoms with Gasteiger partial charge < -0.3 is 0 Å². The Balaban J connectivity index is 0. The van der Waals surface area contributed by atoms with E-state index < -0.39 is 9.84 Å². The fourth-order valence-corrected chi connectivity index (χ4v) is 2.17. The van der Waals surface area contributed by atoms with Crippen molar-refractivity contribution >= 4 is 9.84 Å². The Kier molecular flexibility index (Phi) is 9.77. The molecule has 0 spiro atoms. The molecule has 4 heteroatoms. The molecule has 0 aromatic carbocycles. The average Bonchev–Trinajstić information content (AvgIpc) is 1.91. The number of halogens is 1. The van der Waals surface area contributed by atoms with Crippen molar-refractivity contribution in [2.24, 2.45) is 0 Å². The highest BCUT2D eigenvalue weighted by Crippen LogP contribution is 1.94. The first-order valence-corrected chi connectivity index (χ1v) is 5.52. The lowest BCUT2D eigenvalue weighted by Gasteiger charge is -1.96. The van der Waals surface area contributed by atoms with Crippen LogP contribution in [0, 0.1) is 0 Å². The molecule has 2 nitrogen and oxygen atoms in total. The molecule has 0 saturated carbocycles. The zero-order valence-corrected chi connectivity index (χ0v) is 8.25. The van der Waals surface area contributed by atoms with E-state index in [1.54, 1.807) is 0 Å². The first-order chi connectivity index (χ1) is 5.12. The van der Waals surface area contributed by atoms with Crippen LogP contribution >= 0.6 is 0 Å². The van der Waals surface area contributed by atoms with Gasteiger partial charge in [0.05, 0.1) is 7.18 Å². The highest BCUT2D eigenvalue weighted by molar-refractivity contribution is 7.91. The third-order valence-corrected chi connectivity index (χ3v) is 3.09. The van der Waals surface area contributed by atoms with Crippen molar-refractivity contribution in [2.45, 2.75) is 26.7 Å². The van der Waals surface area contributed by atoms with Crippen molar-refractivity contribution in [1.82, 2.24) is 0 Å². The fraction of sp³-hybridized carbons (Fsp3) is 1.00. The largest absolute Gasteiger partial charge is 0.255 e. The van der Waals surface area contributed by atoms with Gasteiger partial charge in [-0.3, -0.25) is 4.39 Å². The third kappa shape index (κ3) is 9.88. The van der Waals surface area contributed by atoms with E-state index >= 15 is 0 Å². The molecule has 0 aromatic heterocycles. The normalized spacial score (nSPS) is 10.2. The van der Waals surface area contributed by atoms with Crippen molar-refractivity contribution in [3.63, 3.8) is 0 Å². The van der Waals surface area contributed by atoms with Gasteiger partial charge in [-0.1, -0.05) is 13.8 Å². The lowest BCUT2D eigenvalue weighted by atomic mass is 10.6. The maximum Gasteiger partial charge on any atom is 0.150 e. The number of sulfone groups is 1. The van der Waals surface area contributed by atoms with Crippen LogP contribution in [0.3, 0.4) is 0 Å². The molecule has 70 valence electrons. The minimum atomic E-state index is -2.68. The van der Waals surface area contributed by atoms with E-state index in [-0.39, 0.29) is 0 Å². The van der Waals surface area contributed by atoms with Gasteiger partial charge in [0, 0.05) is 11.5 Å². The van der Waals surface area contributed by atoms with Crippen LogP contribution in [0.4, 0.5) is 4.39 Å². The molecule has 0 unspecified atom stereocenters. The molecule has 0 heterocycles. The smallest absolute Gasteiger partial charge is 0.150 e.